The molecule has 1 heterocycles. The molecule has 1 fully saturated rings. The Bertz CT molecular complexity index is 475. The number of guanidine groups is 1. The lowest BCUT2D eigenvalue weighted by Gasteiger charge is -2.39. The van der Waals surface area contributed by atoms with Gasteiger partial charge in [-0.2, -0.15) is 0 Å². The molecule has 0 radical (unpaired) electrons. The van der Waals surface area contributed by atoms with Crippen LogP contribution in [0.5, 0.6) is 0 Å². The largest absolute Gasteiger partial charge is 0.353 e. The molecule has 0 amide bonds. The normalized spacial score (nSPS) is 22.3. The summed E-state index contributed by atoms with van der Waals surface area (Å²) in [7, 11) is 4.10. The molecule has 0 bridgehead atoms. The van der Waals surface area contributed by atoms with E-state index >= 15 is 0 Å². The van der Waals surface area contributed by atoms with E-state index in [1.807, 2.05) is 0 Å². The van der Waals surface area contributed by atoms with Gasteiger partial charge >= 0.3 is 0 Å². The molecular weight excluding hydrogens is 399 g/mol. The van der Waals surface area contributed by atoms with E-state index in [4.69, 9.17) is 0 Å². The van der Waals surface area contributed by atoms with E-state index in [0.717, 1.165) is 25.6 Å². The third kappa shape index (κ3) is 6.30. The predicted molar refractivity (Wildman–Crippen MR) is 110 cm³/mol. The van der Waals surface area contributed by atoms with Gasteiger partial charge in [0.05, 0.1) is 0 Å². The number of halogens is 1. The maximum atomic E-state index is 4.55. The fraction of sp³-hybridized carbons (Fsp3) is 0.611. The third-order valence-corrected chi connectivity index (χ3v) is 4.31. The number of piperidine rings is 1. The maximum Gasteiger partial charge on any atom is 0.193 e. The Hall–Kier alpha value is -0.820. The highest BCUT2D eigenvalue weighted by Gasteiger charge is 2.26. The Morgan fingerprint density at radius 1 is 1.30 bits per heavy atom. The second-order valence-electron chi connectivity index (χ2n) is 6.36. The van der Waals surface area contributed by atoms with Crippen molar-refractivity contribution < 1.29 is 0 Å². The first-order chi connectivity index (χ1) is 10.6. The smallest absolute Gasteiger partial charge is 0.193 e. The van der Waals surface area contributed by atoms with Crippen LogP contribution in [-0.4, -0.2) is 55.0 Å². The highest BCUT2D eigenvalue weighted by molar-refractivity contribution is 14.0. The van der Waals surface area contributed by atoms with Gasteiger partial charge in [-0.05, 0) is 32.3 Å². The fourth-order valence-electron chi connectivity index (χ4n) is 3.05. The predicted octanol–water partition coefficient (Wildman–Crippen LogP) is 3.18. The van der Waals surface area contributed by atoms with E-state index in [9.17, 15) is 0 Å². The van der Waals surface area contributed by atoms with Crippen LogP contribution < -0.4 is 5.32 Å². The summed E-state index contributed by atoms with van der Waals surface area (Å²) in [6.45, 7) is 7.43. The molecular formula is C18H31IN4. The number of benzene rings is 1. The van der Waals surface area contributed by atoms with E-state index < -0.39 is 0 Å². The van der Waals surface area contributed by atoms with Crippen LogP contribution in [0, 0.1) is 0 Å². The first-order valence-corrected chi connectivity index (χ1v) is 8.36. The molecule has 4 nitrogen and oxygen atoms in total. The van der Waals surface area contributed by atoms with Crippen molar-refractivity contribution in [3.8, 4) is 0 Å². The van der Waals surface area contributed by atoms with Gasteiger partial charge in [0.2, 0.25) is 0 Å². The summed E-state index contributed by atoms with van der Waals surface area (Å²) >= 11 is 0. The lowest BCUT2D eigenvalue weighted by molar-refractivity contribution is 0.133. The van der Waals surface area contributed by atoms with Crippen LogP contribution in [0.25, 0.3) is 0 Å². The van der Waals surface area contributed by atoms with E-state index in [1.165, 1.54) is 18.4 Å². The van der Waals surface area contributed by atoms with Crippen molar-refractivity contribution in [1.29, 1.82) is 0 Å². The van der Waals surface area contributed by atoms with Gasteiger partial charge in [0, 0.05) is 45.8 Å². The highest BCUT2D eigenvalue weighted by atomic mass is 127. The van der Waals surface area contributed by atoms with Gasteiger partial charge in [0.1, 0.15) is 0 Å². The zero-order chi connectivity index (χ0) is 15.9. The number of likely N-dealkylation sites (tertiary alicyclic amines) is 1. The molecule has 1 aliphatic heterocycles. The molecule has 2 atom stereocenters. The van der Waals surface area contributed by atoms with E-state index in [0.29, 0.717) is 12.1 Å². The maximum absolute atomic E-state index is 4.55. The van der Waals surface area contributed by atoms with Gasteiger partial charge in [0.25, 0.3) is 0 Å². The molecule has 2 rings (SSSR count). The Morgan fingerprint density at radius 2 is 2.00 bits per heavy atom. The molecule has 0 saturated carbocycles. The lowest BCUT2D eigenvalue weighted by atomic mass is 9.97. The molecule has 23 heavy (non-hydrogen) atoms. The van der Waals surface area contributed by atoms with Crippen LogP contribution in [0.15, 0.2) is 35.3 Å². The molecule has 0 spiro atoms. The number of hydrogen-bond acceptors (Lipinski definition) is 2. The Morgan fingerprint density at radius 3 is 2.57 bits per heavy atom. The number of nitrogens with zero attached hydrogens (tertiary/aromatic N) is 3. The molecule has 1 N–H and O–H groups in total. The van der Waals surface area contributed by atoms with Crippen molar-refractivity contribution in [2.24, 2.45) is 4.99 Å². The Balaban J connectivity index is 0.00000264. The minimum Gasteiger partial charge on any atom is -0.353 e. The topological polar surface area (TPSA) is 30.9 Å². The van der Waals surface area contributed by atoms with Crippen LogP contribution in [-0.2, 0) is 6.54 Å². The van der Waals surface area contributed by atoms with E-state index in [2.05, 4.69) is 78.4 Å². The summed E-state index contributed by atoms with van der Waals surface area (Å²) < 4.78 is 0. The minimum absolute atomic E-state index is 0. The second-order valence-corrected chi connectivity index (χ2v) is 6.36. The summed E-state index contributed by atoms with van der Waals surface area (Å²) in [5, 5.41) is 3.62. The van der Waals surface area contributed by atoms with Crippen LogP contribution in [0.2, 0.25) is 0 Å². The SMILES string of the molecule is CCN=C(NC1CCN(Cc2ccccc2)C(C)C1)N(C)C.I. The fourth-order valence-corrected chi connectivity index (χ4v) is 3.05. The first-order valence-electron chi connectivity index (χ1n) is 8.36. The van der Waals surface area contributed by atoms with Crippen LogP contribution >= 0.6 is 24.0 Å². The van der Waals surface area contributed by atoms with Crippen LogP contribution in [0.1, 0.15) is 32.3 Å². The van der Waals surface area contributed by atoms with Crippen molar-refractivity contribution in [3.05, 3.63) is 35.9 Å². The van der Waals surface area contributed by atoms with Gasteiger partial charge in [-0.25, -0.2) is 0 Å². The average molecular weight is 430 g/mol. The van der Waals surface area contributed by atoms with Gasteiger partial charge in [-0.1, -0.05) is 30.3 Å². The zero-order valence-electron chi connectivity index (χ0n) is 14.8. The van der Waals surface area contributed by atoms with Crippen LogP contribution in [0.3, 0.4) is 0 Å². The van der Waals surface area contributed by atoms with E-state index in [1.54, 1.807) is 0 Å². The van der Waals surface area contributed by atoms with E-state index in [-0.39, 0.29) is 24.0 Å². The number of hydrogen-bond donors (Lipinski definition) is 1. The molecule has 0 aliphatic carbocycles. The van der Waals surface area contributed by atoms with Crippen molar-refractivity contribution in [2.75, 3.05) is 27.2 Å². The second kappa shape index (κ2) is 10.1. The molecule has 0 aromatic heterocycles. The van der Waals surface area contributed by atoms with Gasteiger partial charge < -0.3 is 10.2 Å². The molecule has 130 valence electrons. The minimum atomic E-state index is 0. The third-order valence-electron chi connectivity index (χ3n) is 4.31. The molecule has 2 unspecified atom stereocenters. The Labute approximate surface area is 158 Å². The summed E-state index contributed by atoms with van der Waals surface area (Å²) in [5.74, 6) is 1.01. The summed E-state index contributed by atoms with van der Waals surface area (Å²) in [5.41, 5.74) is 1.40. The van der Waals surface area contributed by atoms with Crippen molar-refractivity contribution in [2.45, 2.75) is 45.3 Å². The lowest BCUT2D eigenvalue weighted by Crippen LogP contribution is -2.51. The Kier molecular flexibility index (Phi) is 8.91. The molecule has 1 aromatic carbocycles. The van der Waals surface area contributed by atoms with Crippen molar-refractivity contribution in [3.63, 3.8) is 0 Å². The van der Waals surface area contributed by atoms with Crippen LogP contribution in [0.4, 0.5) is 0 Å². The molecule has 1 saturated heterocycles. The molecule has 5 heteroatoms. The van der Waals surface area contributed by atoms with Crippen molar-refractivity contribution >= 4 is 29.9 Å². The summed E-state index contributed by atoms with van der Waals surface area (Å²) in [6, 6.07) is 11.9. The molecule has 1 aliphatic rings. The number of nitrogens with one attached hydrogen (secondary N) is 1. The number of rotatable bonds is 4. The standard InChI is InChI=1S/C18H30N4.HI/c1-5-19-18(21(3)4)20-17-11-12-22(15(2)13-17)14-16-9-7-6-8-10-16;/h6-10,15,17H,5,11-14H2,1-4H3,(H,19,20);1H. The van der Waals surface area contributed by atoms with Gasteiger partial charge in [-0.15, -0.1) is 24.0 Å². The quantitative estimate of drug-likeness (QED) is 0.452. The van der Waals surface area contributed by atoms with Gasteiger partial charge in [-0.3, -0.25) is 9.89 Å². The molecule has 1 aromatic rings. The average Bonchev–Trinajstić information content (AvgIpc) is 2.50. The number of aliphatic imine (C=N–C) groups is 1. The van der Waals surface area contributed by atoms with Gasteiger partial charge in [0.15, 0.2) is 5.96 Å². The highest BCUT2D eigenvalue weighted by Crippen LogP contribution is 2.20. The van der Waals surface area contributed by atoms with Crippen molar-refractivity contribution in [1.82, 2.24) is 15.1 Å². The monoisotopic (exact) mass is 430 g/mol. The summed E-state index contributed by atoms with van der Waals surface area (Å²) in [4.78, 5) is 9.20. The first kappa shape index (κ1) is 20.2. The summed E-state index contributed by atoms with van der Waals surface area (Å²) in [6.07, 6.45) is 2.34. The zero-order valence-corrected chi connectivity index (χ0v) is 17.2.